The minimum absolute atomic E-state index is 0.455. The first-order valence-corrected chi connectivity index (χ1v) is 7.68. The van der Waals surface area contributed by atoms with Crippen molar-refractivity contribution < 1.29 is 0 Å². The van der Waals surface area contributed by atoms with Crippen LogP contribution in [0.5, 0.6) is 0 Å². The third kappa shape index (κ3) is 5.23. The smallest absolute Gasteiger partial charge is 0.0363 e. The SMILES string of the molecule is CC.Cc1ccc(N(C)CC2CCC(N)CC2)cc1. The lowest BCUT2D eigenvalue weighted by atomic mass is 9.86. The number of aryl methyl sites for hydroxylation is 1. The normalized spacial score (nSPS) is 22.4. The molecule has 1 aromatic carbocycles. The monoisotopic (exact) mass is 262 g/mol. The average molecular weight is 262 g/mol. The Morgan fingerprint density at radius 2 is 1.58 bits per heavy atom. The van der Waals surface area contributed by atoms with Gasteiger partial charge in [0.15, 0.2) is 0 Å². The molecule has 1 aliphatic carbocycles. The molecule has 108 valence electrons. The van der Waals surface area contributed by atoms with Crippen LogP contribution in [0.15, 0.2) is 24.3 Å². The summed E-state index contributed by atoms with van der Waals surface area (Å²) in [5.41, 5.74) is 8.59. The first-order valence-electron chi connectivity index (χ1n) is 7.68. The minimum atomic E-state index is 0.455. The highest BCUT2D eigenvalue weighted by Gasteiger charge is 2.19. The Morgan fingerprint density at radius 3 is 2.11 bits per heavy atom. The van der Waals surface area contributed by atoms with Crippen LogP contribution in [0.1, 0.15) is 45.1 Å². The van der Waals surface area contributed by atoms with Crippen LogP contribution < -0.4 is 10.6 Å². The molecule has 0 radical (unpaired) electrons. The van der Waals surface area contributed by atoms with Crippen molar-refractivity contribution in [2.75, 3.05) is 18.5 Å². The topological polar surface area (TPSA) is 29.3 Å². The van der Waals surface area contributed by atoms with Gasteiger partial charge in [0.05, 0.1) is 0 Å². The van der Waals surface area contributed by atoms with E-state index in [0.29, 0.717) is 6.04 Å². The maximum absolute atomic E-state index is 5.94. The van der Waals surface area contributed by atoms with Crippen LogP contribution in [-0.2, 0) is 0 Å². The van der Waals surface area contributed by atoms with Gasteiger partial charge in [0.25, 0.3) is 0 Å². The molecular weight excluding hydrogens is 232 g/mol. The van der Waals surface area contributed by atoms with E-state index in [-0.39, 0.29) is 0 Å². The summed E-state index contributed by atoms with van der Waals surface area (Å²) in [6, 6.07) is 9.25. The van der Waals surface area contributed by atoms with Crippen molar-refractivity contribution >= 4 is 5.69 Å². The minimum Gasteiger partial charge on any atom is -0.374 e. The lowest BCUT2D eigenvalue weighted by Crippen LogP contribution is -2.32. The summed E-state index contributed by atoms with van der Waals surface area (Å²) in [6.45, 7) is 7.29. The molecule has 0 aromatic heterocycles. The molecule has 1 aliphatic rings. The molecule has 0 aliphatic heterocycles. The van der Waals surface area contributed by atoms with E-state index < -0.39 is 0 Å². The number of nitrogens with zero attached hydrogens (tertiary/aromatic N) is 1. The number of hydrogen-bond donors (Lipinski definition) is 1. The number of nitrogens with two attached hydrogens (primary N) is 1. The highest BCUT2D eigenvalue weighted by Crippen LogP contribution is 2.25. The molecular formula is C17H30N2. The average Bonchev–Trinajstić information content (AvgIpc) is 2.44. The maximum Gasteiger partial charge on any atom is 0.0363 e. The van der Waals surface area contributed by atoms with Crippen molar-refractivity contribution in [2.24, 2.45) is 11.7 Å². The summed E-state index contributed by atoms with van der Waals surface area (Å²) in [6.07, 6.45) is 4.98. The summed E-state index contributed by atoms with van der Waals surface area (Å²) in [5.74, 6) is 0.820. The lowest BCUT2D eigenvalue weighted by Gasteiger charge is -2.30. The van der Waals surface area contributed by atoms with Crippen LogP contribution in [0.3, 0.4) is 0 Å². The lowest BCUT2D eigenvalue weighted by molar-refractivity contribution is 0.330. The number of benzene rings is 1. The van der Waals surface area contributed by atoms with Crippen molar-refractivity contribution in [1.82, 2.24) is 0 Å². The highest BCUT2D eigenvalue weighted by molar-refractivity contribution is 5.46. The second kappa shape index (κ2) is 8.21. The second-order valence-electron chi connectivity index (χ2n) is 5.50. The predicted octanol–water partition coefficient (Wildman–Crippen LogP) is 3.97. The largest absolute Gasteiger partial charge is 0.374 e. The summed E-state index contributed by atoms with van der Waals surface area (Å²) < 4.78 is 0. The quantitative estimate of drug-likeness (QED) is 0.893. The molecule has 1 fully saturated rings. The van der Waals surface area contributed by atoms with Crippen molar-refractivity contribution in [1.29, 1.82) is 0 Å². The van der Waals surface area contributed by atoms with E-state index in [1.807, 2.05) is 13.8 Å². The van der Waals surface area contributed by atoms with Gasteiger partial charge in [-0.1, -0.05) is 31.5 Å². The van der Waals surface area contributed by atoms with Gasteiger partial charge in [-0.25, -0.2) is 0 Å². The summed E-state index contributed by atoms with van der Waals surface area (Å²) >= 11 is 0. The molecule has 0 heterocycles. The zero-order valence-corrected chi connectivity index (χ0v) is 13.0. The Bertz CT molecular complexity index is 337. The molecule has 2 N–H and O–H groups in total. The molecule has 0 bridgehead atoms. The van der Waals surface area contributed by atoms with Gasteiger partial charge in [0.1, 0.15) is 0 Å². The van der Waals surface area contributed by atoms with Gasteiger partial charge in [-0.05, 0) is 50.7 Å². The Morgan fingerprint density at radius 1 is 1.05 bits per heavy atom. The molecule has 0 atom stereocenters. The predicted molar refractivity (Wildman–Crippen MR) is 85.7 cm³/mol. The first-order chi connectivity index (χ1) is 9.15. The van der Waals surface area contributed by atoms with Gasteiger partial charge in [-0.2, -0.15) is 0 Å². The number of hydrogen-bond acceptors (Lipinski definition) is 2. The fraction of sp³-hybridized carbons (Fsp3) is 0.647. The molecule has 2 nitrogen and oxygen atoms in total. The summed E-state index contributed by atoms with van der Waals surface area (Å²) in [4.78, 5) is 2.38. The van der Waals surface area contributed by atoms with E-state index in [0.717, 1.165) is 12.5 Å². The van der Waals surface area contributed by atoms with Crippen LogP contribution >= 0.6 is 0 Å². The van der Waals surface area contributed by atoms with Gasteiger partial charge in [-0.3, -0.25) is 0 Å². The standard InChI is InChI=1S/C15H24N2.C2H6/c1-12-3-9-15(10-4-12)17(2)11-13-5-7-14(16)8-6-13;1-2/h3-4,9-10,13-14H,5-8,11,16H2,1-2H3;1-2H3. The van der Waals surface area contributed by atoms with Gasteiger partial charge in [0.2, 0.25) is 0 Å². The molecule has 2 heteroatoms. The van der Waals surface area contributed by atoms with E-state index in [2.05, 4.69) is 43.1 Å². The maximum atomic E-state index is 5.94. The second-order valence-corrected chi connectivity index (χ2v) is 5.50. The van der Waals surface area contributed by atoms with E-state index in [1.54, 1.807) is 0 Å². The molecule has 1 aromatic rings. The van der Waals surface area contributed by atoms with Gasteiger partial charge in [0, 0.05) is 25.3 Å². The van der Waals surface area contributed by atoms with Gasteiger partial charge < -0.3 is 10.6 Å². The summed E-state index contributed by atoms with van der Waals surface area (Å²) in [5, 5.41) is 0. The van der Waals surface area contributed by atoms with Gasteiger partial charge >= 0.3 is 0 Å². The van der Waals surface area contributed by atoms with Crippen molar-refractivity contribution in [3.63, 3.8) is 0 Å². The third-order valence-corrected chi connectivity index (χ3v) is 3.90. The zero-order chi connectivity index (χ0) is 14.3. The molecule has 0 saturated heterocycles. The Hall–Kier alpha value is -1.02. The Kier molecular flexibility index (Phi) is 6.93. The fourth-order valence-corrected chi connectivity index (χ4v) is 2.66. The summed E-state index contributed by atoms with van der Waals surface area (Å²) in [7, 11) is 2.19. The molecule has 19 heavy (non-hydrogen) atoms. The van der Waals surface area contributed by atoms with Crippen LogP contribution in [-0.4, -0.2) is 19.6 Å². The molecule has 0 amide bonds. The molecule has 1 saturated carbocycles. The number of rotatable bonds is 3. The number of anilines is 1. The fourth-order valence-electron chi connectivity index (χ4n) is 2.66. The molecule has 0 spiro atoms. The van der Waals surface area contributed by atoms with E-state index in [9.17, 15) is 0 Å². The van der Waals surface area contributed by atoms with Crippen LogP contribution in [0.25, 0.3) is 0 Å². The van der Waals surface area contributed by atoms with E-state index in [1.165, 1.54) is 36.9 Å². The van der Waals surface area contributed by atoms with E-state index >= 15 is 0 Å². The highest BCUT2D eigenvalue weighted by atomic mass is 15.1. The van der Waals surface area contributed by atoms with Crippen LogP contribution in [0.4, 0.5) is 5.69 Å². The third-order valence-electron chi connectivity index (χ3n) is 3.90. The Balaban J connectivity index is 0.000000861. The Labute approximate surface area is 119 Å². The van der Waals surface area contributed by atoms with Crippen molar-refractivity contribution in [3.05, 3.63) is 29.8 Å². The molecule has 0 unspecified atom stereocenters. The molecule has 2 rings (SSSR count). The van der Waals surface area contributed by atoms with Crippen LogP contribution in [0, 0.1) is 12.8 Å². The van der Waals surface area contributed by atoms with Crippen molar-refractivity contribution in [2.45, 2.75) is 52.5 Å². The first kappa shape index (κ1) is 16.0. The zero-order valence-electron chi connectivity index (χ0n) is 13.0. The van der Waals surface area contributed by atoms with Crippen molar-refractivity contribution in [3.8, 4) is 0 Å². The van der Waals surface area contributed by atoms with Gasteiger partial charge in [-0.15, -0.1) is 0 Å². The van der Waals surface area contributed by atoms with Crippen LogP contribution in [0.2, 0.25) is 0 Å². The van der Waals surface area contributed by atoms with E-state index in [4.69, 9.17) is 5.73 Å².